The number of anilines is 1. The third-order valence-corrected chi connectivity index (χ3v) is 7.67. The summed E-state index contributed by atoms with van der Waals surface area (Å²) in [6.07, 6.45) is 0.451. The predicted molar refractivity (Wildman–Crippen MR) is 124 cm³/mol. The van der Waals surface area contributed by atoms with Crippen LogP contribution in [-0.4, -0.2) is 66.1 Å². The number of hydrogen-bond donors (Lipinski definition) is 1. The molecule has 1 heterocycles. The molecule has 35 heavy (non-hydrogen) atoms. The molecule has 0 spiro atoms. The third-order valence-electron chi connectivity index (χ3n) is 5.76. The van der Waals surface area contributed by atoms with Gasteiger partial charge in [-0.1, -0.05) is 0 Å². The first-order valence-electron chi connectivity index (χ1n) is 10.6. The molecular weight excluding hydrogens is 483 g/mol. The summed E-state index contributed by atoms with van der Waals surface area (Å²) in [5.74, 6) is -1.65. The molecule has 0 saturated carbocycles. The maximum atomic E-state index is 13.7. The lowest BCUT2D eigenvalue weighted by atomic mass is 9.97. The van der Waals surface area contributed by atoms with Gasteiger partial charge in [-0.25, -0.2) is 17.6 Å². The van der Waals surface area contributed by atoms with Crippen molar-refractivity contribution in [3.8, 4) is 17.2 Å². The fraction of sp³-hybridized carbons (Fsp3) is 0.391. The lowest BCUT2D eigenvalue weighted by molar-refractivity contribution is -0.120. The molecule has 0 unspecified atom stereocenters. The average molecular weight is 511 g/mol. The number of carbonyl (C=O) groups excluding carboxylic acids is 2. The van der Waals surface area contributed by atoms with Crippen molar-refractivity contribution in [2.24, 2.45) is 5.92 Å². The molecule has 1 fully saturated rings. The molecule has 0 aliphatic carbocycles. The van der Waals surface area contributed by atoms with E-state index in [4.69, 9.17) is 18.9 Å². The number of halogens is 1. The first-order chi connectivity index (χ1) is 16.7. The fourth-order valence-electron chi connectivity index (χ4n) is 3.85. The number of nitrogens with one attached hydrogen (secondary N) is 1. The van der Waals surface area contributed by atoms with Crippen molar-refractivity contribution >= 4 is 27.6 Å². The topological polar surface area (TPSA) is 120 Å². The van der Waals surface area contributed by atoms with E-state index in [0.29, 0.717) is 5.75 Å². The summed E-state index contributed by atoms with van der Waals surface area (Å²) in [5, 5.41) is 2.72. The molecular formula is C23H27FN2O8S. The van der Waals surface area contributed by atoms with Crippen LogP contribution in [0.2, 0.25) is 0 Å². The smallest absolute Gasteiger partial charge is 0.340 e. The summed E-state index contributed by atoms with van der Waals surface area (Å²) in [7, 11) is 1.33. The van der Waals surface area contributed by atoms with Gasteiger partial charge in [0.1, 0.15) is 16.5 Å². The molecule has 12 heteroatoms. The second-order valence-electron chi connectivity index (χ2n) is 7.71. The lowest BCUT2D eigenvalue weighted by Gasteiger charge is -2.31. The van der Waals surface area contributed by atoms with Crippen molar-refractivity contribution in [2.75, 3.05) is 46.8 Å². The van der Waals surface area contributed by atoms with Gasteiger partial charge in [0, 0.05) is 31.1 Å². The molecule has 1 aliphatic rings. The first-order valence-corrected chi connectivity index (χ1v) is 12.1. The van der Waals surface area contributed by atoms with Crippen LogP contribution < -0.4 is 19.5 Å². The summed E-state index contributed by atoms with van der Waals surface area (Å²) in [4.78, 5) is 25.0. The van der Waals surface area contributed by atoms with E-state index in [9.17, 15) is 22.4 Å². The first kappa shape index (κ1) is 26.2. The number of carbonyl (C=O) groups is 2. The van der Waals surface area contributed by atoms with Crippen LogP contribution in [-0.2, 0) is 19.6 Å². The van der Waals surface area contributed by atoms with Gasteiger partial charge in [0.15, 0.2) is 11.5 Å². The number of benzene rings is 2. The van der Waals surface area contributed by atoms with Crippen LogP contribution in [0.4, 0.5) is 10.1 Å². The van der Waals surface area contributed by atoms with Gasteiger partial charge >= 0.3 is 5.97 Å². The van der Waals surface area contributed by atoms with Crippen LogP contribution in [0.1, 0.15) is 23.2 Å². The second-order valence-corrected chi connectivity index (χ2v) is 9.61. The zero-order valence-electron chi connectivity index (χ0n) is 19.8. The average Bonchev–Trinajstić information content (AvgIpc) is 2.87. The van der Waals surface area contributed by atoms with E-state index in [0.717, 1.165) is 12.1 Å². The SMILES string of the molecule is COC(=O)c1cc(OC)c(OC)cc1NC(=O)C1CCN(S(=O)(=O)c2cc(F)ccc2OC)CC1. The van der Waals surface area contributed by atoms with Crippen molar-refractivity contribution in [3.63, 3.8) is 0 Å². The molecule has 3 rings (SSSR count). The lowest BCUT2D eigenvalue weighted by Crippen LogP contribution is -2.41. The fourth-order valence-corrected chi connectivity index (χ4v) is 5.48. The number of nitrogens with zero attached hydrogens (tertiary/aromatic N) is 1. The van der Waals surface area contributed by atoms with Gasteiger partial charge in [0.25, 0.3) is 0 Å². The van der Waals surface area contributed by atoms with E-state index < -0.39 is 27.7 Å². The van der Waals surface area contributed by atoms with E-state index in [-0.39, 0.29) is 59.5 Å². The van der Waals surface area contributed by atoms with Crippen molar-refractivity contribution in [2.45, 2.75) is 17.7 Å². The molecule has 0 bridgehead atoms. The Kier molecular flexibility index (Phi) is 8.18. The summed E-state index contributed by atoms with van der Waals surface area (Å²) in [6, 6.07) is 6.15. The van der Waals surface area contributed by atoms with E-state index >= 15 is 0 Å². The minimum Gasteiger partial charge on any atom is -0.495 e. The number of rotatable bonds is 8. The molecule has 190 valence electrons. The molecule has 1 aliphatic heterocycles. The Balaban J connectivity index is 1.76. The molecule has 10 nitrogen and oxygen atoms in total. The number of piperidine rings is 1. The van der Waals surface area contributed by atoms with Gasteiger partial charge in [-0.2, -0.15) is 4.31 Å². The van der Waals surface area contributed by atoms with Gasteiger partial charge in [0.05, 0.1) is 39.7 Å². The number of esters is 1. The molecule has 0 radical (unpaired) electrons. The molecule has 2 aromatic rings. The Labute approximate surface area is 203 Å². The summed E-state index contributed by atoms with van der Waals surface area (Å²) in [5.41, 5.74) is 0.260. The number of hydrogen-bond acceptors (Lipinski definition) is 8. The molecule has 1 N–H and O–H groups in total. The van der Waals surface area contributed by atoms with Gasteiger partial charge in [-0.3, -0.25) is 4.79 Å². The summed E-state index contributed by atoms with van der Waals surface area (Å²) >= 11 is 0. The van der Waals surface area contributed by atoms with Gasteiger partial charge in [-0.15, -0.1) is 0 Å². The van der Waals surface area contributed by atoms with Gasteiger partial charge in [-0.05, 0) is 31.0 Å². The minimum absolute atomic E-state index is 0.0371. The van der Waals surface area contributed by atoms with E-state index in [1.54, 1.807) is 0 Å². The molecule has 2 aromatic carbocycles. The summed E-state index contributed by atoms with van der Waals surface area (Å²) < 4.78 is 61.4. The summed E-state index contributed by atoms with van der Waals surface area (Å²) in [6.45, 7) is 0.103. The number of sulfonamides is 1. The second kappa shape index (κ2) is 10.9. The van der Waals surface area contributed by atoms with Crippen molar-refractivity contribution in [1.29, 1.82) is 0 Å². The van der Waals surface area contributed by atoms with Gasteiger partial charge < -0.3 is 24.3 Å². The highest BCUT2D eigenvalue weighted by Gasteiger charge is 2.34. The predicted octanol–water partition coefficient (Wildman–Crippen LogP) is 2.68. The highest BCUT2D eigenvalue weighted by Crippen LogP contribution is 2.35. The van der Waals surface area contributed by atoms with Crippen LogP contribution >= 0.6 is 0 Å². The Hall–Kier alpha value is -3.38. The maximum absolute atomic E-state index is 13.7. The monoisotopic (exact) mass is 510 g/mol. The Morgan fingerprint density at radius 3 is 2.11 bits per heavy atom. The Bertz CT molecular complexity index is 1210. The third kappa shape index (κ3) is 5.49. The van der Waals surface area contributed by atoms with E-state index in [1.807, 2.05) is 0 Å². The quantitative estimate of drug-likeness (QED) is 0.538. The van der Waals surface area contributed by atoms with Crippen LogP contribution in [0, 0.1) is 11.7 Å². The standard InChI is InChI=1S/C23H27FN2O8S/c1-31-18-6-5-15(24)11-21(18)35(29,30)26-9-7-14(8-10-26)22(27)25-17-13-20(33-3)19(32-2)12-16(17)23(28)34-4/h5-6,11-14H,7-10H2,1-4H3,(H,25,27). The Morgan fingerprint density at radius 2 is 1.54 bits per heavy atom. The highest BCUT2D eigenvalue weighted by molar-refractivity contribution is 7.89. The molecule has 1 amide bonds. The molecule has 1 saturated heterocycles. The van der Waals surface area contributed by atoms with Crippen LogP contribution in [0.3, 0.4) is 0 Å². The molecule has 0 aromatic heterocycles. The zero-order valence-corrected chi connectivity index (χ0v) is 20.6. The number of ether oxygens (including phenoxy) is 4. The van der Waals surface area contributed by atoms with Crippen LogP contribution in [0.5, 0.6) is 17.2 Å². The normalized spacial score (nSPS) is 14.8. The largest absolute Gasteiger partial charge is 0.495 e. The minimum atomic E-state index is -4.03. The van der Waals surface area contributed by atoms with Crippen LogP contribution in [0.15, 0.2) is 35.2 Å². The number of amides is 1. The maximum Gasteiger partial charge on any atom is 0.340 e. The van der Waals surface area contributed by atoms with Gasteiger partial charge in [0.2, 0.25) is 15.9 Å². The van der Waals surface area contributed by atoms with Crippen molar-refractivity contribution in [3.05, 3.63) is 41.7 Å². The van der Waals surface area contributed by atoms with Crippen LogP contribution in [0.25, 0.3) is 0 Å². The molecule has 0 atom stereocenters. The van der Waals surface area contributed by atoms with Crippen molar-refractivity contribution < 1.29 is 41.3 Å². The Morgan fingerprint density at radius 1 is 0.943 bits per heavy atom. The van der Waals surface area contributed by atoms with E-state index in [2.05, 4.69) is 5.32 Å². The van der Waals surface area contributed by atoms with Crippen molar-refractivity contribution in [1.82, 2.24) is 4.31 Å². The zero-order chi connectivity index (χ0) is 25.8. The highest BCUT2D eigenvalue weighted by atomic mass is 32.2. The number of methoxy groups -OCH3 is 4. The van der Waals surface area contributed by atoms with E-state index in [1.165, 1.54) is 50.9 Å².